The predicted octanol–water partition coefficient (Wildman–Crippen LogP) is 4.06. The standard InChI is InChI=1S/C23H25N7OS/c1-3-29-14-18-21(29)28-20(13-24-18)26-15(2)16-7-6-8-17(11-16)27-22(31)19-12-25-23(32-19)30-9-4-5-10-30/h6-8,11-15H,3-5,9-10H2,1-2H3,(H,27,31)/p+1. The van der Waals surface area contributed by atoms with Crippen molar-refractivity contribution in [1.29, 1.82) is 0 Å². The van der Waals surface area contributed by atoms with E-state index in [-0.39, 0.29) is 11.9 Å². The van der Waals surface area contributed by atoms with Gasteiger partial charge in [-0.05, 0) is 49.4 Å². The van der Waals surface area contributed by atoms with Crippen LogP contribution in [0.2, 0.25) is 0 Å². The van der Waals surface area contributed by atoms with Crippen molar-refractivity contribution in [3.63, 3.8) is 0 Å². The number of rotatable bonds is 7. The third kappa shape index (κ3) is 4.08. The highest BCUT2D eigenvalue weighted by Gasteiger charge is 2.28. The first-order valence-corrected chi connectivity index (χ1v) is 11.8. The number of thiazole rings is 1. The number of aromatic nitrogens is 3. The van der Waals surface area contributed by atoms with Gasteiger partial charge in [-0.1, -0.05) is 23.5 Å². The van der Waals surface area contributed by atoms with Gasteiger partial charge in [-0.3, -0.25) is 4.79 Å². The zero-order chi connectivity index (χ0) is 22.1. The van der Waals surface area contributed by atoms with E-state index in [1.807, 2.05) is 30.5 Å². The van der Waals surface area contributed by atoms with Crippen molar-refractivity contribution in [1.82, 2.24) is 15.0 Å². The fourth-order valence-electron chi connectivity index (χ4n) is 3.95. The lowest BCUT2D eigenvalue weighted by Gasteiger charge is -2.16. The van der Waals surface area contributed by atoms with Crippen LogP contribution in [0.5, 0.6) is 0 Å². The third-order valence-corrected chi connectivity index (χ3v) is 6.83. The van der Waals surface area contributed by atoms with Crippen molar-refractivity contribution in [2.75, 3.05) is 35.2 Å². The van der Waals surface area contributed by atoms with Gasteiger partial charge in [0.05, 0.1) is 25.0 Å². The maximum absolute atomic E-state index is 12.7. The summed E-state index contributed by atoms with van der Waals surface area (Å²) in [6.45, 7) is 7.07. The van der Waals surface area contributed by atoms with E-state index >= 15 is 0 Å². The summed E-state index contributed by atoms with van der Waals surface area (Å²) < 4.78 is 2.07. The molecule has 0 radical (unpaired) electrons. The Morgan fingerprint density at radius 3 is 2.91 bits per heavy atom. The molecule has 2 N–H and O–H groups in total. The van der Waals surface area contributed by atoms with E-state index in [0.717, 1.165) is 53.3 Å². The molecular weight excluding hydrogens is 422 g/mol. The van der Waals surface area contributed by atoms with Crippen LogP contribution in [0.15, 0.2) is 36.7 Å². The topological polar surface area (TPSA) is 86.0 Å². The SMILES string of the molecule is CC[N+]1=Cc2ncc(NC(C)c3cccc(NC(=O)c4cnc(N5CCCC5)s4)c3)nc21. The molecule has 1 atom stereocenters. The fraction of sp³-hybridized carbons (Fsp3) is 0.348. The molecule has 1 unspecified atom stereocenters. The lowest BCUT2D eigenvalue weighted by Crippen LogP contribution is -2.22. The molecule has 2 aromatic heterocycles. The molecule has 164 valence electrons. The monoisotopic (exact) mass is 448 g/mol. The second-order valence-corrected chi connectivity index (χ2v) is 9.04. The zero-order valence-electron chi connectivity index (χ0n) is 18.2. The molecule has 0 bridgehead atoms. The number of nitrogens with one attached hydrogen (secondary N) is 2. The lowest BCUT2D eigenvalue weighted by molar-refractivity contribution is -0.447. The summed E-state index contributed by atoms with van der Waals surface area (Å²) in [5.74, 6) is 1.51. The molecular formula is C23H26N7OS+. The normalized spacial score (nSPS) is 15.6. The van der Waals surface area contributed by atoms with Gasteiger partial charge < -0.3 is 15.5 Å². The molecule has 0 aliphatic carbocycles. The van der Waals surface area contributed by atoms with Crippen LogP contribution in [0.1, 0.15) is 53.7 Å². The van der Waals surface area contributed by atoms with Crippen molar-refractivity contribution >= 4 is 45.9 Å². The second kappa shape index (κ2) is 8.66. The highest BCUT2D eigenvalue weighted by molar-refractivity contribution is 7.17. The number of hydrogen-bond donors (Lipinski definition) is 2. The first-order valence-electron chi connectivity index (χ1n) is 11.0. The van der Waals surface area contributed by atoms with E-state index in [1.165, 1.54) is 24.2 Å². The average molecular weight is 449 g/mol. The summed E-state index contributed by atoms with van der Waals surface area (Å²) in [6.07, 6.45) is 7.80. The molecule has 4 heterocycles. The molecule has 5 rings (SSSR count). The Hall–Kier alpha value is -3.33. The van der Waals surface area contributed by atoms with Crippen LogP contribution in [-0.2, 0) is 0 Å². The Morgan fingerprint density at radius 1 is 1.25 bits per heavy atom. The zero-order valence-corrected chi connectivity index (χ0v) is 19.0. The van der Waals surface area contributed by atoms with E-state index in [4.69, 9.17) is 0 Å². The highest BCUT2D eigenvalue weighted by Crippen LogP contribution is 2.28. The molecule has 1 saturated heterocycles. The van der Waals surface area contributed by atoms with Crippen LogP contribution in [0.3, 0.4) is 0 Å². The third-order valence-electron chi connectivity index (χ3n) is 5.77. The summed E-state index contributed by atoms with van der Waals surface area (Å²) in [5, 5.41) is 7.35. The number of anilines is 3. The van der Waals surface area contributed by atoms with Crippen LogP contribution in [0.4, 0.5) is 22.5 Å². The molecule has 1 aromatic carbocycles. The number of benzene rings is 1. The van der Waals surface area contributed by atoms with E-state index in [1.54, 1.807) is 12.4 Å². The maximum Gasteiger partial charge on any atom is 0.355 e. The minimum absolute atomic E-state index is 0.00325. The Kier molecular flexibility index (Phi) is 5.57. The van der Waals surface area contributed by atoms with Gasteiger partial charge in [-0.25, -0.2) is 14.5 Å². The molecule has 0 saturated carbocycles. The van der Waals surface area contributed by atoms with Crippen molar-refractivity contribution in [2.45, 2.75) is 32.7 Å². The molecule has 2 aliphatic heterocycles. The number of amides is 1. The fourth-order valence-corrected chi connectivity index (χ4v) is 4.82. The molecule has 0 spiro atoms. The van der Waals surface area contributed by atoms with Crippen LogP contribution in [0, 0.1) is 0 Å². The first-order chi connectivity index (χ1) is 15.6. The molecule has 32 heavy (non-hydrogen) atoms. The van der Waals surface area contributed by atoms with Crippen molar-refractivity contribution < 1.29 is 9.37 Å². The van der Waals surface area contributed by atoms with Gasteiger partial charge >= 0.3 is 5.82 Å². The molecule has 2 aliphatic rings. The highest BCUT2D eigenvalue weighted by atomic mass is 32.1. The average Bonchev–Trinajstić information content (AvgIpc) is 3.48. The van der Waals surface area contributed by atoms with Crippen LogP contribution < -0.4 is 15.5 Å². The lowest BCUT2D eigenvalue weighted by atomic mass is 10.1. The number of fused-ring (bicyclic) bond motifs is 1. The number of carbonyl (C=O) groups is 1. The van der Waals surface area contributed by atoms with Gasteiger partial charge in [0.15, 0.2) is 10.8 Å². The predicted molar refractivity (Wildman–Crippen MR) is 128 cm³/mol. The minimum atomic E-state index is -0.130. The summed E-state index contributed by atoms with van der Waals surface area (Å²) in [4.78, 5) is 29.2. The maximum atomic E-state index is 12.7. The van der Waals surface area contributed by atoms with Gasteiger partial charge in [-0.15, -0.1) is 0 Å². The molecule has 8 nitrogen and oxygen atoms in total. The number of hydrogen-bond acceptors (Lipinski definition) is 7. The Bertz CT molecular complexity index is 1180. The van der Waals surface area contributed by atoms with Crippen molar-refractivity contribution in [3.05, 3.63) is 52.8 Å². The van der Waals surface area contributed by atoms with Gasteiger partial charge in [0, 0.05) is 18.8 Å². The van der Waals surface area contributed by atoms with Crippen molar-refractivity contribution in [3.8, 4) is 0 Å². The van der Waals surface area contributed by atoms with Crippen molar-refractivity contribution in [2.24, 2.45) is 0 Å². The van der Waals surface area contributed by atoms with E-state index < -0.39 is 0 Å². The summed E-state index contributed by atoms with van der Waals surface area (Å²) in [7, 11) is 0. The molecule has 3 aromatic rings. The Balaban J connectivity index is 1.24. The summed E-state index contributed by atoms with van der Waals surface area (Å²) >= 11 is 1.45. The van der Waals surface area contributed by atoms with Gasteiger partial charge in [-0.2, -0.15) is 0 Å². The van der Waals surface area contributed by atoms with Gasteiger partial charge in [0.2, 0.25) is 0 Å². The van der Waals surface area contributed by atoms with E-state index in [0.29, 0.717) is 4.88 Å². The quantitative estimate of drug-likeness (QED) is 0.530. The first kappa shape index (κ1) is 20.6. The van der Waals surface area contributed by atoms with E-state index in [2.05, 4.69) is 48.9 Å². The summed E-state index contributed by atoms with van der Waals surface area (Å²) in [5.41, 5.74) is 2.73. The molecule has 9 heteroatoms. The Morgan fingerprint density at radius 2 is 2.09 bits per heavy atom. The molecule has 1 fully saturated rings. The van der Waals surface area contributed by atoms with E-state index in [9.17, 15) is 4.79 Å². The van der Waals surface area contributed by atoms with Crippen LogP contribution >= 0.6 is 11.3 Å². The second-order valence-electron chi connectivity index (χ2n) is 8.03. The van der Waals surface area contributed by atoms with Gasteiger partial charge in [0.25, 0.3) is 11.7 Å². The van der Waals surface area contributed by atoms with Crippen LogP contribution in [0.25, 0.3) is 0 Å². The number of nitrogens with zero attached hydrogens (tertiary/aromatic N) is 5. The summed E-state index contributed by atoms with van der Waals surface area (Å²) in [6, 6.07) is 7.87. The molecule has 1 amide bonds. The smallest absolute Gasteiger partial charge is 0.348 e. The Labute approximate surface area is 191 Å². The van der Waals surface area contributed by atoms with Crippen LogP contribution in [-0.4, -0.2) is 51.3 Å². The number of carbonyl (C=O) groups excluding carboxylic acids is 1. The largest absolute Gasteiger partial charge is 0.355 e. The minimum Gasteiger partial charge on any atom is -0.348 e. The van der Waals surface area contributed by atoms with Gasteiger partial charge in [0.1, 0.15) is 11.1 Å².